The highest BCUT2D eigenvalue weighted by atomic mass is 32.2. The highest BCUT2D eigenvalue weighted by molar-refractivity contribution is 7.89. The number of nitrogens with zero attached hydrogens (tertiary/aromatic N) is 1. The summed E-state index contributed by atoms with van der Waals surface area (Å²) in [6.45, 7) is 1.94. The number of methoxy groups -OCH3 is 1. The Morgan fingerprint density at radius 1 is 1.41 bits per heavy atom. The summed E-state index contributed by atoms with van der Waals surface area (Å²) >= 11 is 0. The fraction of sp³-hybridized carbons (Fsp3) is 0.214. The number of nitrogens with one attached hydrogen (secondary N) is 1. The van der Waals surface area contributed by atoms with Crippen LogP contribution in [-0.4, -0.2) is 25.6 Å². The van der Waals surface area contributed by atoms with E-state index < -0.39 is 10.0 Å². The summed E-state index contributed by atoms with van der Waals surface area (Å²) in [5, 5.41) is 18.0. The van der Waals surface area contributed by atoms with Gasteiger partial charge in [0.05, 0.1) is 19.0 Å². The molecule has 1 aromatic heterocycles. The quantitative estimate of drug-likeness (QED) is 0.765. The standard InChI is InChI=1S/C14H17N3O4S/c1-9-6-11(8-17-14(9)22(15,19)20)16-7-10-4-3-5-12(21-2)13(10)18/h3-6,8,16,18H,7H2,1-2H3,(H2,15,19,20). The number of hydrogen-bond donors (Lipinski definition) is 3. The Kier molecular flexibility index (Phi) is 4.53. The van der Waals surface area contributed by atoms with E-state index in [0.717, 1.165) is 0 Å². The van der Waals surface area contributed by atoms with Crippen molar-refractivity contribution in [3.05, 3.63) is 41.6 Å². The Hall–Kier alpha value is -2.32. The smallest absolute Gasteiger partial charge is 0.255 e. The SMILES string of the molecule is COc1cccc(CNc2cnc(S(N)(=O)=O)c(C)c2)c1O. The molecule has 0 saturated heterocycles. The monoisotopic (exact) mass is 323 g/mol. The van der Waals surface area contributed by atoms with Gasteiger partial charge in [0.1, 0.15) is 0 Å². The van der Waals surface area contributed by atoms with Gasteiger partial charge in [-0.3, -0.25) is 0 Å². The highest BCUT2D eigenvalue weighted by Gasteiger charge is 2.13. The topological polar surface area (TPSA) is 115 Å². The second-order valence-corrected chi connectivity index (χ2v) is 6.19. The number of aryl methyl sites for hydroxylation is 1. The Morgan fingerprint density at radius 3 is 2.73 bits per heavy atom. The zero-order chi connectivity index (χ0) is 16.3. The summed E-state index contributed by atoms with van der Waals surface area (Å²) in [5.41, 5.74) is 1.71. The molecule has 7 nitrogen and oxygen atoms in total. The number of aromatic nitrogens is 1. The fourth-order valence-electron chi connectivity index (χ4n) is 2.03. The molecule has 0 atom stereocenters. The molecular weight excluding hydrogens is 306 g/mol. The maximum atomic E-state index is 11.3. The maximum absolute atomic E-state index is 11.3. The second-order valence-electron chi connectivity index (χ2n) is 4.71. The van der Waals surface area contributed by atoms with Gasteiger partial charge in [-0.2, -0.15) is 0 Å². The van der Waals surface area contributed by atoms with Crippen molar-refractivity contribution >= 4 is 15.7 Å². The number of rotatable bonds is 5. The van der Waals surface area contributed by atoms with Crippen LogP contribution in [0.15, 0.2) is 35.5 Å². The lowest BCUT2D eigenvalue weighted by Gasteiger charge is -2.11. The molecular formula is C14H17N3O4S. The molecule has 2 aromatic rings. The predicted octanol–water partition coefficient (Wildman–Crippen LogP) is 1.36. The first kappa shape index (κ1) is 16.1. The molecule has 0 spiro atoms. The molecule has 8 heteroatoms. The van der Waals surface area contributed by atoms with Crippen LogP contribution in [0.1, 0.15) is 11.1 Å². The van der Waals surface area contributed by atoms with E-state index in [4.69, 9.17) is 9.88 Å². The van der Waals surface area contributed by atoms with Gasteiger partial charge in [-0.15, -0.1) is 0 Å². The molecule has 1 heterocycles. The molecule has 0 unspecified atom stereocenters. The van der Waals surface area contributed by atoms with Crippen molar-refractivity contribution in [1.29, 1.82) is 0 Å². The number of pyridine rings is 1. The molecule has 22 heavy (non-hydrogen) atoms. The number of para-hydroxylation sites is 1. The molecule has 0 radical (unpaired) electrons. The van der Waals surface area contributed by atoms with E-state index in [-0.39, 0.29) is 10.8 Å². The van der Waals surface area contributed by atoms with E-state index in [9.17, 15) is 13.5 Å². The highest BCUT2D eigenvalue weighted by Crippen LogP contribution is 2.29. The minimum atomic E-state index is -3.83. The molecule has 0 fully saturated rings. The lowest BCUT2D eigenvalue weighted by atomic mass is 10.2. The van der Waals surface area contributed by atoms with Gasteiger partial charge < -0.3 is 15.2 Å². The van der Waals surface area contributed by atoms with Crippen LogP contribution in [0.25, 0.3) is 0 Å². The summed E-state index contributed by atoms with van der Waals surface area (Å²) < 4.78 is 27.7. The van der Waals surface area contributed by atoms with E-state index in [0.29, 0.717) is 29.1 Å². The number of ether oxygens (including phenoxy) is 1. The van der Waals surface area contributed by atoms with Crippen LogP contribution < -0.4 is 15.2 Å². The Balaban J connectivity index is 2.18. The molecule has 118 valence electrons. The fourth-order valence-corrected chi connectivity index (χ4v) is 2.74. The molecule has 0 amide bonds. The first-order chi connectivity index (χ1) is 10.3. The summed E-state index contributed by atoms with van der Waals surface area (Å²) in [6.07, 6.45) is 1.38. The van der Waals surface area contributed by atoms with E-state index in [1.165, 1.54) is 13.3 Å². The summed E-state index contributed by atoms with van der Waals surface area (Å²) in [6, 6.07) is 6.81. The average Bonchev–Trinajstić information content (AvgIpc) is 2.45. The van der Waals surface area contributed by atoms with Crippen molar-refractivity contribution in [2.24, 2.45) is 5.14 Å². The van der Waals surface area contributed by atoms with E-state index >= 15 is 0 Å². The average molecular weight is 323 g/mol. The van der Waals surface area contributed by atoms with Gasteiger partial charge in [-0.1, -0.05) is 12.1 Å². The summed E-state index contributed by atoms with van der Waals surface area (Å²) in [5.74, 6) is 0.446. The van der Waals surface area contributed by atoms with Crippen LogP contribution in [0.5, 0.6) is 11.5 Å². The molecule has 0 saturated carbocycles. The van der Waals surface area contributed by atoms with Crippen molar-refractivity contribution in [2.75, 3.05) is 12.4 Å². The van der Waals surface area contributed by atoms with Gasteiger partial charge in [0.2, 0.25) is 0 Å². The third-order valence-electron chi connectivity index (χ3n) is 3.09. The number of benzene rings is 1. The third kappa shape index (κ3) is 3.46. The summed E-state index contributed by atoms with van der Waals surface area (Å²) in [7, 11) is -2.35. The van der Waals surface area contributed by atoms with Crippen LogP contribution >= 0.6 is 0 Å². The van der Waals surface area contributed by atoms with E-state index in [2.05, 4.69) is 10.3 Å². The van der Waals surface area contributed by atoms with Gasteiger partial charge in [0.15, 0.2) is 16.5 Å². The number of sulfonamides is 1. The van der Waals surface area contributed by atoms with Crippen LogP contribution in [0, 0.1) is 6.92 Å². The molecule has 0 aliphatic heterocycles. The van der Waals surface area contributed by atoms with E-state index in [1.807, 2.05) is 0 Å². The predicted molar refractivity (Wildman–Crippen MR) is 82.3 cm³/mol. The Bertz CT molecular complexity index is 791. The summed E-state index contributed by atoms with van der Waals surface area (Å²) in [4.78, 5) is 3.86. The molecule has 4 N–H and O–H groups in total. The minimum Gasteiger partial charge on any atom is -0.504 e. The van der Waals surface area contributed by atoms with Gasteiger partial charge in [-0.05, 0) is 24.6 Å². The first-order valence-corrected chi connectivity index (χ1v) is 7.95. The van der Waals surface area contributed by atoms with E-state index in [1.54, 1.807) is 31.2 Å². The Labute approximate surface area is 128 Å². The van der Waals surface area contributed by atoms with Gasteiger partial charge >= 0.3 is 0 Å². The zero-order valence-corrected chi connectivity index (χ0v) is 13.0. The number of aromatic hydroxyl groups is 1. The number of phenols is 1. The van der Waals surface area contributed by atoms with Crippen LogP contribution in [-0.2, 0) is 16.6 Å². The van der Waals surface area contributed by atoms with Crippen LogP contribution in [0.4, 0.5) is 5.69 Å². The van der Waals surface area contributed by atoms with Crippen molar-refractivity contribution in [3.63, 3.8) is 0 Å². The third-order valence-corrected chi connectivity index (χ3v) is 4.05. The van der Waals surface area contributed by atoms with Gasteiger partial charge in [0, 0.05) is 12.1 Å². The first-order valence-electron chi connectivity index (χ1n) is 6.41. The second kappa shape index (κ2) is 6.20. The zero-order valence-electron chi connectivity index (χ0n) is 12.2. The number of primary sulfonamides is 1. The number of nitrogens with two attached hydrogens (primary N) is 1. The molecule has 2 rings (SSSR count). The van der Waals surface area contributed by atoms with Gasteiger partial charge in [0.25, 0.3) is 10.0 Å². The lowest BCUT2D eigenvalue weighted by molar-refractivity contribution is 0.371. The number of hydrogen-bond acceptors (Lipinski definition) is 6. The largest absolute Gasteiger partial charge is 0.504 e. The van der Waals surface area contributed by atoms with Crippen molar-refractivity contribution < 1.29 is 18.3 Å². The molecule has 0 aliphatic carbocycles. The normalized spacial score (nSPS) is 11.2. The molecule has 1 aromatic carbocycles. The minimum absolute atomic E-state index is 0.0586. The van der Waals surface area contributed by atoms with Crippen LogP contribution in [0.3, 0.4) is 0 Å². The maximum Gasteiger partial charge on any atom is 0.255 e. The van der Waals surface area contributed by atoms with Crippen LogP contribution in [0.2, 0.25) is 0 Å². The number of phenolic OH excluding ortho intramolecular Hbond substituents is 1. The van der Waals surface area contributed by atoms with Crippen molar-refractivity contribution in [3.8, 4) is 11.5 Å². The van der Waals surface area contributed by atoms with Crippen molar-refractivity contribution in [1.82, 2.24) is 4.98 Å². The Morgan fingerprint density at radius 2 is 2.14 bits per heavy atom. The number of anilines is 1. The lowest BCUT2D eigenvalue weighted by Crippen LogP contribution is -2.15. The molecule has 0 aliphatic rings. The van der Waals surface area contributed by atoms with Crippen molar-refractivity contribution in [2.45, 2.75) is 18.5 Å². The van der Waals surface area contributed by atoms with Gasteiger partial charge in [-0.25, -0.2) is 18.5 Å². The molecule has 0 bridgehead atoms.